The first-order valence-corrected chi connectivity index (χ1v) is 9.57. The van der Waals surface area contributed by atoms with Gasteiger partial charge in [-0.1, -0.05) is 31.6 Å². The van der Waals surface area contributed by atoms with Crippen molar-refractivity contribution in [3.05, 3.63) is 59.2 Å². The summed E-state index contributed by atoms with van der Waals surface area (Å²) >= 11 is 0. The molecule has 0 aliphatic carbocycles. The summed E-state index contributed by atoms with van der Waals surface area (Å²) < 4.78 is 70.6. The predicted molar refractivity (Wildman–Crippen MR) is 92.9 cm³/mol. The third-order valence-corrected chi connectivity index (χ3v) is 4.61. The van der Waals surface area contributed by atoms with Gasteiger partial charge in [0.1, 0.15) is 11.0 Å². The smallest absolute Gasteiger partial charge is 0.338 e. The van der Waals surface area contributed by atoms with E-state index in [1.165, 1.54) is 24.3 Å². The molecule has 11 heteroatoms. The number of hydrogen-bond donors (Lipinski definition) is 1. The molecule has 0 radical (unpaired) electrons. The molecular weight excluding hydrogens is 407 g/mol. The van der Waals surface area contributed by atoms with Crippen molar-refractivity contribution < 1.29 is 33.8 Å². The van der Waals surface area contributed by atoms with Crippen LogP contribution in [0.1, 0.15) is 33.2 Å². The van der Waals surface area contributed by atoms with E-state index >= 15 is 0 Å². The van der Waals surface area contributed by atoms with Gasteiger partial charge in [0, 0.05) is 5.69 Å². The largest absolute Gasteiger partial charge is 0.462 e. The van der Waals surface area contributed by atoms with Crippen LogP contribution in [0.5, 0.6) is 0 Å². The van der Waals surface area contributed by atoms with Gasteiger partial charge in [0.2, 0.25) is 0 Å². The molecule has 2 rings (SSSR count). The highest BCUT2D eigenvalue weighted by Gasteiger charge is 2.66. The van der Waals surface area contributed by atoms with Crippen molar-refractivity contribution in [1.29, 1.82) is 5.26 Å². The van der Waals surface area contributed by atoms with Crippen LogP contribution in [-0.4, -0.2) is 18.5 Å². The molecule has 0 unspecified atom stereocenters. The average Bonchev–Trinajstić information content (AvgIpc) is 2.60. The maximum atomic E-state index is 13.2. The molecule has 28 heavy (non-hydrogen) atoms. The standard InChI is InChI=1S/C17H13F5N2O3S/c1-2-27-17(26)14-6-4-3-5-13(14)16(25)24-12-8-7-11(10-23)15(9-12)28(18,19,20,21)22/h3-9H,2H2,1H3,(H,24,25). The summed E-state index contributed by atoms with van der Waals surface area (Å²) in [7, 11) is -10.2. The first-order valence-electron chi connectivity index (χ1n) is 7.62. The summed E-state index contributed by atoms with van der Waals surface area (Å²) in [5.74, 6) is -1.85. The van der Waals surface area contributed by atoms with Crippen molar-refractivity contribution in [3.63, 3.8) is 0 Å². The van der Waals surface area contributed by atoms with Crippen LogP contribution in [0, 0.1) is 11.3 Å². The number of carbonyl (C=O) groups is 2. The molecule has 0 aliphatic rings. The first-order chi connectivity index (χ1) is 12.8. The molecule has 0 fully saturated rings. The van der Waals surface area contributed by atoms with E-state index in [-0.39, 0.29) is 23.8 Å². The molecule has 0 aliphatic heterocycles. The fraction of sp³-hybridized carbons (Fsp3) is 0.118. The number of amides is 1. The molecule has 0 spiro atoms. The summed E-state index contributed by atoms with van der Waals surface area (Å²) in [5, 5.41) is 10.7. The lowest BCUT2D eigenvalue weighted by atomic mass is 10.1. The normalized spacial score (nSPS) is 13.6. The van der Waals surface area contributed by atoms with Gasteiger partial charge in [-0.3, -0.25) is 4.79 Å². The van der Waals surface area contributed by atoms with Crippen LogP contribution in [0.4, 0.5) is 25.1 Å². The maximum Gasteiger partial charge on any atom is 0.338 e. The topological polar surface area (TPSA) is 79.2 Å². The van der Waals surface area contributed by atoms with Crippen LogP contribution < -0.4 is 5.32 Å². The van der Waals surface area contributed by atoms with Crippen molar-refractivity contribution in [3.8, 4) is 6.07 Å². The van der Waals surface area contributed by atoms with E-state index in [0.29, 0.717) is 6.07 Å². The number of nitriles is 1. The zero-order valence-corrected chi connectivity index (χ0v) is 15.0. The van der Waals surface area contributed by atoms with E-state index in [9.17, 15) is 29.0 Å². The van der Waals surface area contributed by atoms with Gasteiger partial charge in [-0.15, -0.1) is 0 Å². The van der Waals surface area contributed by atoms with Crippen LogP contribution in [0.15, 0.2) is 47.4 Å². The Morgan fingerprint density at radius 3 is 2.21 bits per heavy atom. The molecule has 1 N–H and O–H groups in total. The number of ether oxygens (including phenoxy) is 1. The lowest BCUT2D eigenvalue weighted by Gasteiger charge is -2.41. The lowest BCUT2D eigenvalue weighted by Crippen LogP contribution is -2.18. The van der Waals surface area contributed by atoms with Gasteiger partial charge in [0.15, 0.2) is 0 Å². The number of anilines is 1. The summed E-state index contributed by atoms with van der Waals surface area (Å²) in [6, 6.07) is 7.78. The fourth-order valence-corrected chi connectivity index (χ4v) is 3.16. The molecule has 2 aromatic rings. The molecule has 0 heterocycles. The van der Waals surface area contributed by atoms with Gasteiger partial charge < -0.3 is 10.1 Å². The summed E-state index contributed by atoms with van der Waals surface area (Å²) in [6.45, 7) is 1.57. The Morgan fingerprint density at radius 1 is 1.07 bits per heavy atom. The van der Waals surface area contributed by atoms with E-state index in [0.717, 1.165) is 12.1 Å². The summed E-state index contributed by atoms with van der Waals surface area (Å²) in [6.07, 6.45) is 0. The Hall–Kier alpha value is -3.13. The highest BCUT2D eigenvalue weighted by molar-refractivity contribution is 8.45. The predicted octanol–water partition coefficient (Wildman–Crippen LogP) is 5.64. The van der Waals surface area contributed by atoms with Crippen LogP contribution in [0.25, 0.3) is 0 Å². The molecule has 0 bridgehead atoms. The van der Waals surface area contributed by atoms with E-state index in [1.54, 1.807) is 6.92 Å². The Bertz CT molecular complexity index is 1000. The van der Waals surface area contributed by atoms with Gasteiger partial charge in [-0.2, -0.15) is 5.26 Å². The second kappa shape index (κ2) is 6.49. The molecule has 0 atom stereocenters. The molecule has 150 valence electrons. The van der Waals surface area contributed by atoms with Crippen LogP contribution in [0.3, 0.4) is 0 Å². The van der Waals surface area contributed by atoms with Crippen molar-refractivity contribution in [2.45, 2.75) is 11.8 Å². The quantitative estimate of drug-likeness (QED) is 0.501. The number of carbonyl (C=O) groups excluding carboxylic acids is 2. The third-order valence-electron chi connectivity index (χ3n) is 3.44. The Kier molecular flexibility index (Phi) is 4.91. The second-order valence-electron chi connectivity index (χ2n) is 5.51. The van der Waals surface area contributed by atoms with E-state index in [2.05, 4.69) is 0 Å². The second-order valence-corrected chi connectivity index (χ2v) is 7.89. The van der Waals surface area contributed by atoms with E-state index < -0.39 is 38.2 Å². The maximum absolute atomic E-state index is 13.2. The molecule has 5 nitrogen and oxygen atoms in total. The Labute approximate surface area is 156 Å². The van der Waals surface area contributed by atoms with Crippen LogP contribution in [-0.2, 0) is 4.74 Å². The van der Waals surface area contributed by atoms with Gasteiger partial charge in [0.05, 0.1) is 23.3 Å². The molecule has 1 amide bonds. The van der Waals surface area contributed by atoms with Gasteiger partial charge in [-0.05, 0) is 37.3 Å². The highest BCUT2D eigenvalue weighted by Crippen LogP contribution is 3.02. The zero-order chi connectivity index (χ0) is 21.2. The van der Waals surface area contributed by atoms with Gasteiger partial charge >= 0.3 is 16.2 Å². The zero-order valence-electron chi connectivity index (χ0n) is 14.2. The van der Waals surface area contributed by atoms with E-state index in [4.69, 9.17) is 10.00 Å². The van der Waals surface area contributed by atoms with Crippen molar-refractivity contribution >= 4 is 27.8 Å². The lowest BCUT2D eigenvalue weighted by molar-refractivity contribution is 0.0523. The van der Waals surface area contributed by atoms with Crippen LogP contribution in [0.2, 0.25) is 0 Å². The number of halogens is 5. The number of benzene rings is 2. The van der Waals surface area contributed by atoms with Crippen LogP contribution >= 0.6 is 10.2 Å². The van der Waals surface area contributed by atoms with Gasteiger partial charge in [0.25, 0.3) is 5.91 Å². The number of nitrogens with zero attached hydrogens (tertiary/aromatic N) is 1. The first kappa shape index (κ1) is 21.2. The average molecular weight is 420 g/mol. The Balaban J connectivity index is 2.45. The van der Waals surface area contributed by atoms with Gasteiger partial charge in [-0.25, -0.2) is 4.79 Å². The highest BCUT2D eigenvalue weighted by atomic mass is 32.5. The van der Waals surface area contributed by atoms with Crippen molar-refractivity contribution in [1.82, 2.24) is 0 Å². The summed E-state index contributed by atoms with van der Waals surface area (Å²) in [5.41, 5.74) is -2.27. The number of esters is 1. The minimum atomic E-state index is -10.2. The molecule has 0 saturated heterocycles. The minimum absolute atomic E-state index is 0.00894. The van der Waals surface area contributed by atoms with Crippen molar-refractivity contribution in [2.24, 2.45) is 0 Å². The number of nitrogens with one attached hydrogen (secondary N) is 1. The fourth-order valence-electron chi connectivity index (χ4n) is 2.28. The molecule has 0 saturated carbocycles. The third kappa shape index (κ3) is 4.77. The number of hydrogen-bond acceptors (Lipinski definition) is 4. The Morgan fingerprint density at radius 2 is 1.68 bits per heavy atom. The number of rotatable bonds is 5. The molecule has 2 aromatic carbocycles. The summed E-state index contributed by atoms with van der Waals surface area (Å²) in [4.78, 5) is 21.9. The van der Waals surface area contributed by atoms with E-state index in [1.807, 2.05) is 5.32 Å². The molecular formula is C17H13F5N2O3S. The monoisotopic (exact) mass is 420 g/mol. The molecule has 0 aromatic heterocycles. The minimum Gasteiger partial charge on any atom is -0.462 e. The SMILES string of the molecule is CCOC(=O)c1ccccc1C(=O)Nc1ccc(C#N)c(S(F)(F)(F)(F)F)c1. The van der Waals surface area contributed by atoms with Crippen molar-refractivity contribution in [2.75, 3.05) is 11.9 Å².